The van der Waals surface area contributed by atoms with Gasteiger partial charge in [0.25, 0.3) is 0 Å². The predicted molar refractivity (Wildman–Crippen MR) is 134 cm³/mol. The van der Waals surface area contributed by atoms with E-state index in [0.29, 0.717) is 28.3 Å². The van der Waals surface area contributed by atoms with Crippen LogP contribution in [0.25, 0.3) is 28.0 Å². The highest BCUT2D eigenvalue weighted by molar-refractivity contribution is 5.90. The van der Waals surface area contributed by atoms with Gasteiger partial charge in [-0.3, -0.25) is 9.97 Å². The maximum absolute atomic E-state index is 13.4. The van der Waals surface area contributed by atoms with Crippen molar-refractivity contribution >= 4 is 11.6 Å². The van der Waals surface area contributed by atoms with Crippen LogP contribution in [-0.4, -0.2) is 36.2 Å². The van der Waals surface area contributed by atoms with Gasteiger partial charge in [-0.2, -0.15) is 0 Å². The lowest BCUT2D eigenvalue weighted by Gasteiger charge is -2.13. The zero-order valence-corrected chi connectivity index (χ0v) is 20.0. The Labute approximate surface area is 201 Å². The number of nitrogens with two attached hydrogens (primary N) is 1. The molecule has 0 aliphatic carbocycles. The summed E-state index contributed by atoms with van der Waals surface area (Å²) in [6, 6.07) is 17.3. The van der Waals surface area contributed by atoms with E-state index in [-0.39, 0.29) is 12.5 Å². The van der Waals surface area contributed by atoms with E-state index < -0.39 is 5.69 Å². The van der Waals surface area contributed by atoms with Gasteiger partial charge in [0, 0.05) is 34.8 Å². The Balaban J connectivity index is 1.79. The summed E-state index contributed by atoms with van der Waals surface area (Å²) in [6.07, 6.45) is 0. The Morgan fingerprint density at radius 2 is 1.57 bits per heavy atom. The van der Waals surface area contributed by atoms with Crippen LogP contribution in [-0.2, 0) is 6.54 Å². The van der Waals surface area contributed by atoms with Gasteiger partial charge in [-0.25, -0.2) is 18.9 Å². The molecule has 0 amide bonds. The van der Waals surface area contributed by atoms with Crippen LogP contribution in [0.2, 0.25) is 0 Å². The highest BCUT2D eigenvalue weighted by atomic mass is 16.5. The molecule has 9 heteroatoms. The molecule has 0 bridgehead atoms. The van der Waals surface area contributed by atoms with E-state index in [0.717, 1.165) is 28.2 Å². The van der Waals surface area contributed by atoms with E-state index >= 15 is 0 Å². The van der Waals surface area contributed by atoms with Crippen LogP contribution in [0.4, 0.5) is 5.95 Å². The van der Waals surface area contributed by atoms with Crippen molar-refractivity contribution in [3.63, 3.8) is 0 Å². The van der Waals surface area contributed by atoms with Crippen LogP contribution >= 0.6 is 0 Å². The number of hydrogen-bond acceptors (Lipinski definition) is 7. The monoisotopic (exact) mass is 467 g/mol. The van der Waals surface area contributed by atoms with Crippen LogP contribution in [0.5, 0.6) is 5.75 Å². The van der Waals surface area contributed by atoms with Crippen molar-refractivity contribution in [2.24, 2.45) is 0 Å². The molecule has 1 aromatic carbocycles. The number of ether oxygens (including phenoxy) is 1. The fraction of sp³-hybridized carbons (Fsp3) is 0.192. The number of benzene rings is 1. The van der Waals surface area contributed by atoms with E-state index in [1.54, 1.807) is 13.2 Å². The summed E-state index contributed by atoms with van der Waals surface area (Å²) in [4.78, 5) is 27.1. The normalized spacial score (nSPS) is 11.2. The number of hydrogen-bond donors (Lipinski definition) is 1. The summed E-state index contributed by atoms with van der Waals surface area (Å²) in [6.45, 7) is 5.90. The summed E-state index contributed by atoms with van der Waals surface area (Å²) < 4.78 is 8.06. The lowest BCUT2D eigenvalue weighted by Crippen LogP contribution is -2.24. The second-order valence-electron chi connectivity index (χ2n) is 8.44. The number of anilines is 1. The topological polar surface area (TPSA) is 113 Å². The molecule has 0 fully saturated rings. The first-order chi connectivity index (χ1) is 16.8. The first-order valence-corrected chi connectivity index (χ1v) is 11.2. The van der Waals surface area contributed by atoms with Crippen molar-refractivity contribution in [2.75, 3.05) is 12.8 Å². The SMILES string of the molecule is COc1cc(C)nc(Cn2nc3c(-c4cc(C)nc(C)c4)c(-c4ccccc4)nc(N)n3c2=O)c1. The molecule has 4 heterocycles. The number of nitrogen functional groups attached to an aromatic ring is 1. The van der Waals surface area contributed by atoms with Crippen LogP contribution in [0.1, 0.15) is 22.8 Å². The second-order valence-corrected chi connectivity index (χ2v) is 8.44. The standard InChI is InChI=1S/C26H25N7O2/c1-15-10-19(11-16(2)28-15)22-23(18-8-6-5-7-9-18)30-25(27)33-24(22)31-32(26(33)34)14-20-13-21(35-4)12-17(3)29-20/h5-13H,14H2,1-4H3,(H2,27,30). The third kappa shape index (κ3) is 4.12. The average molecular weight is 468 g/mol. The van der Waals surface area contributed by atoms with E-state index in [2.05, 4.69) is 15.0 Å². The van der Waals surface area contributed by atoms with Crippen LogP contribution in [0.3, 0.4) is 0 Å². The van der Waals surface area contributed by atoms with Crippen LogP contribution < -0.4 is 16.2 Å². The number of fused-ring (bicyclic) bond motifs is 1. The molecular formula is C26H25N7O2. The highest BCUT2D eigenvalue weighted by Crippen LogP contribution is 2.34. The van der Waals surface area contributed by atoms with Gasteiger partial charge in [0.1, 0.15) is 5.75 Å². The van der Waals surface area contributed by atoms with Crippen molar-refractivity contribution in [3.8, 4) is 28.1 Å². The molecule has 4 aromatic heterocycles. The highest BCUT2D eigenvalue weighted by Gasteiger charge is 2.22. The van der Waals surface area contributed by atoms with Crippen LogP contribution in [0, 0.1) is 20.8 Å². The van der Waals surface area contributed by atoms with Crippen molar-refractivity contribution in [1.29, 1.82) is 0 Å². The lowest BCUT2D eigenvalue weighted by molar-refractivity contribution is 0.412. The number of aryl methyl sites for hydroxylation is 3. The molecule has 0 aliphatic heterocycles. The first-order valence-electron chi connectivity index (χ1n) is 11.2. The molecule has 176 valence electrons. The molecule has 0 saturated heterocycles. The quantitative estimate of drug-likeness (QED) is 0.420. The summed E-state index contributed by atoms with van der Waals surface area (Å²) in [5, 5.41) is 4.72. The molecule has 0 saturated carbocycles. The minimum absolute atomic E-state index is 0.0659. The zero-order chi connectivity index (χ0) is 24.7. The Kier molecular flexibility index (Phi) is 5.52. The number of rotatable bonds is 5. The first kappa shape index (κ1) is 22.3. The minimum atomic E-state index is -0.393. The third-order valence-electron chi connectivity index (χ3n) is 5.70. The smallest absolute Gasteiger partial charge is 0.353 e. The van der Waals surface area contributed by atoms with E-state index in [9.17, 15) is 4.79 Å². The molecule has 0 spiro atoms. The van der Waals surface area contributed by atoms with Crippen molar-refractivity contribution in [3.05, 3.63) is 87.9 Å². The molecule has 2 N–H and O–H groups in total. The number of nitrogens with zero attached hydrogens (tertiary/aromatic N) is 6. The van der Waals surface area contributed by atoms with Crippen molar-refractivity contribution in [1.82, 2.24) is 29.1 Å². The molecule has 0 aliphatic rings. The number of aromatic nitrogens is 6. The van der Waals surface area contributed by atoms with Gasteiger partial charge in [0.15, 0.2) is 5.65 Å². The summed E-state index contributed by atoms with van der Waals surface area (Å²) in [7, 11) is 1.60. The van der Waals surface area contributed by atoms with Gasteiger partial charge in [0.05, 0.1) is 30.6 Å². The Morgan fingerprint density at radius 3 is 2.26 bits per heavy atom. The molecule has 0 atom stereocenters. The fourth-order valence-electron chi connectivity index (χ4n) is 4.31. The molecule has 35 heavy (non-hydrogen) atoms. The maximum Gasteiger partial charge on any atom is 0.353 e. The van der Waals surface area contributed by atoms with E-state index in [1.165, 1.54) is 9.08 Å². The van der Waals surface area contributed by atoms with Gasteiger partial charge in [-0.1, -0.05) is 30.3 Å². The predicted octanol–water partition coefficient (Wildman–Crippen LogP) is 3.58. The van der Waals surface area contributed by atoms with Gasteiger partial charge in [0.2, 0.25) is 5.95 Å². The van der Waals surface area contributed by atoms with E-state index in [4.69, 9.17) is 15.6 Å². The van der Waals surface area contributed by atoms with Gasteiger partial charge in [-0.15, -0.1) is 5.10 Å². The Morgan fingerprint density at radius 1 is 0.886 bits per heavy atom. The molecular weight excluding hydrogens is 442 g/mol. The third-order valence-corrected chi connectivity index (χ3v) is 5.70. The summed E-state index contributed by atoms with van der Waals surface area (Å²) in [5.41, 5.74) is 12.6. The zero-order valence-electron chi connectivity index (χ0n) is 20.0. The fourth-order valence-corrected chi connectivity index (χ4v) is 4.31. The maximum atomic E-state index is 13.4. The molecule has 0 radical (unpaired) electrons. The lowest BCUT2D eigenvalue weighted by atomic mass is 9.99. The van der Waals surface area contributed by atoms with Crippen molar-refractivity contribution < 1.29 is 4.74 Å². The molecule has 0 unspecified atom stereocenters. The largest absolute Gasteiger partial charge is 0.497 e. The van der Waals surface area contributed by atoms with Gasteiger partial charge in [-0.05, 0) is 38.5 Å². The van der Waals surface area contributed by atoms with Crippen molar-refractivity contribution in [2.45, 2.75) is 27.3 Å². The molecule has 9 nitrogen and oxygen atoms in total. The minimum Gasteiger partial charge on any atom is -0.497 e. The number of methoxy groups -OCH3 is 1. The average Bonchev–Trinajstić information content (AvgIpc) is 3.14. The molecule has 5 aromatic rings. The summed E-state index contributed by atoms with van der Waals surface area (Å²) >= 11 is 0. The van der Waals surface area contributed by atoms with Gasteiger partial charge < -0.3 is 10.5 Å². The van der Waals surface area contributed by atoms with Crippen LogP contribution in [0.15, 0.2) is 59.4 Å². The summed E-state index contributed by atoms with van der Waals surface area (Å²) in [5.74, 6) is 0.733. The Hall–Kier alpha value is -4.53. The number of pyridine rings is 2. The second kappa shape index (κ2) is 8.68. The van der Waals surface area contributed by atoms with Gasteiger partial charge >= 0.3 is 5.69 Å². The Bertz CT molecular complexity index is 1600. The molecule has 5 rings (SSSR count). The van der Waals surface area contributed by atoms with E-state index in [1.807, 2.05) is 69.3 Å².